The van der Waals surface area contributed by atoms with Gasteiger partial charge in [0.15, 0.2) is 0 Å². The second kappa shape index (κ2) is 10.7. The molecule has 3 rings (SSSR count). The SMILES string of the molecule is COc1ccc(C)cc1NC(=O)Nc1ccc([C@H]2CC[C@H](C(=O)NCC(=O)O)CC2)cc1. The van der Waals surface area contributed by atoms with Gasteiger partial charge in [-0.25, -0.2) is 4.79 Å². The van der Waals surface area contributed by atoms with Crippen LogP contribution >= 0.6 is 0 Å². The lowest BCUT2D eigenvalue weighted by Crippen LogP contribution is -2.36. The predicted octanol–water partition coefficient (Wildman–Crippen LogP) is 4.12. The average Bonchev–Trinajstić information content (AvgIpc) is 2.78. The number of carboxylic acids is 1. The molecule has 0 atom stereocenters. The van der Waals surface area contributed by atoms with Crippen molar-refractivity contribution in [3.05, 3.63) is 53.6 Å². The van der Waals surface area contributed by atoms with E-state index in [0.717, 1.165) is 31.2 Å². The fourth-order valence-corrected chi connectivity index (χ4v) is 4.04. The van der Waals surface area contributed by atoms with Crippen LogP contribution < -0.4 is 20.7 Å². The van der Waals surface area contributed by atoms with Crippen LogP contribution in [0.4, 0.5) is 16.2 Å². The zero-order valence-electron chi connectivity index (χ0n) is 18.3. The maximum atomic E-state index is 12.4. The second-order valence-electron chi connectivity index (χ2n) is 8.06. The number of hydrogen-bond acceptors (Lipinski definition) is 4. The molecule has 8 heteroatoms. The number of nitrogens with one attached hydrogen (secondary N) is 3. The largest absolute Gasteiger partial charge is 0.495 e. The number of aliphatic carboxylic acids is 1. The summed E-state index contributed by atoms with van der Waals surface area (Å²) in [5.41, 5.74) is 3.46. The quantitative estimate of drug-likeness (QED) is 0.518. The Labute approximate surface area is 187 Å². The van der Waals surface area contributed by atoms with Gasteiger partial charge in [0.25, 0.3) is 0 Å². The highest BCUT2D eigenvalue weighted by Crippen LogP contribution is 2.36. The summed E-state index contributed by atoms with van der Waals surface area (Å²) in [6.07, 6.45) is 3.20. The summed E-state index contributed by atoms with van der Waals surface area (Å²) in [5.74, 6) is -0.408. The van der Waals surface area contributed by atoms with E-state index in [1.54, 1.807) is 7.11 Å². The van der Waals surface area contributed by atoms with Crippen LogP contribution in [0.3, 0.4) is 0 Å². The lowest BCUT2D eigenvalue weighted by Gasteiger charge is -2.28. The van der Waals surface area contributed by atoms with Gasteiger partial charge in [-0.2, -0.15) is 0 Å². The molecular weight excluding hydrogens is 410 g/mol. The monoisotopic (exact) mass is 439 g/mol. The third-order valence-corrected chi connectivity index (χ3v) is 5.75. The van der Waals surface area contributed by atoms with E-state index in [1.807, 2.05) is 49.4 Å². The number of benzene rings is 2. The van der Waals surface area contributed by atoms with Crippen LogP contribution in [0.1, 0.15) is 42.7 Å². The molecule has 2 aromatic rings. The molecule has 8 nitrogen and oxygen atoms in total. The van der Waals surface area contributed by atoms with Crippen LogP contribution in [0, 0.1) is 12.8 Å². The fourth-order valence-electron chi connectivity index (χ4n) is 4.04. The summed E-state index contributed by atoms with van der Waals surface area (Å²) in [5, 5.41) is 16.8. The lowest BCUT2D eigenvalue weighted by molar-refractivity contribution is -0.138. The Balaban J connectivity index is 1.51. The normalized spacial score (nSPS) is 17.8. The van der Waals surface area contributed by atoms with E-state index >= 15 is 0 Å². The van der Waals surface area contributed by atoms with Crippen molar-refractivity contribution in [3.63, 3.8) is 0 Å². The molecule has 4 N–H and O–H groups in total. The molecule has 0 aliphatic heterocycles. The van der Waals surface area contributed by atoms with E-state index in [4.69, 9.17) is 9.84 Å². The summed E-state index contributed by atoms with van der Waals surface area (Å²) < 4.78 is 5.29. The number of rotatable bonds is 7. The molecular formula is C24H29N3O5. The smallest absolute Gasteiger partial charge is 0.323 e. The minimum atomic E-state index is -1.03. The van der Waals surface area contributed by atoms with Gasteiger partial charge in [-0.15, -0.1) is 0 Å². The van der Waals surface area contributed by atoms with E-state index in [2.05, 4.69) is 16.0 Å². The molecule has 0 aromatic heterocycles. The van der Waals surface area contributed by atoms with Crippen molar-refractivity contribution in [1.82, 2.24) is 5.32 Å². The minimum absolute atomic E-state index is 0.131. The van der Waals surface area contributed by atoms with Crippen molar-refractivity contribution < 1.29 is 24.2 Å². The highest BCUT2D eigenvalue weighted by atomic mass is 16.5. The zero-order chi connectivity index (χ0) is 23.1. The van der Waals surface area contributed by atoms with Crippen molar-refractivity contribution in [2.75, 3.05) is 24.3 Å². The predicted molar refractivity (Wildman–Crippen MR) is 122 cm³/mol. The van der Waals surface area contributed by atoms with Crippen molar-refractivity contribution in [2.45, 2.75) is 38.5 Å². The van der Waals surface area contributed by atoms with Crippen molar-refractivity contribution in [2.24, 2.45) is 5.92 Å². The van der Waals surface area contributed by atoms with Crippen LogP contribution in [0.25, 0.3) is 0 Å². The van der Waals surface area contributed by atoms with Crippen LogP contribution in [-0.2, 0) is 9.59 Å². The summed E-state index contributed by atoms with van der Waals surface area (Å²) in [4.78, 5) is 35.0. The molecule has 2 aromatic carbocycles. The number of carboxylic acid groups (broad SMARTS) is 1. The molecule has 1 fully saturated rings. The fraction of sp³-hybridized carbons (Fsp3) is 0.375. The van der Waals surface area contributed by atoms with E-state index in [-0.39, 0.29) is 24.4 Å². The number of amides is 3. The van der Waals surface area contributed by atoms with Crippen LogP contribution in [-0.4, -0.2) is 36.7 Å². The van der Waals surface area contributed by atoms with Crippen LogP contribution in [0.2, 0.25) is 0 Å². The van der Waals surface area contributed by atoms with Gasteiger partial charge in [-0.3, -0.25) is 9.59 Å². The second-order valence-corrected chi connectivity index (χ2v) is 8.06. The zero-order valence-corrected chi connectivity index (χ0v) is 18.3. The molecule has 0 unspecified atom stereocenters. The Morgan fingerprint density at radius 3 is 2.31 bits per heavy atom. The third kappa shape index (κ3) is 6.23. The summed E-state index contributed by atoms with van der Waals surface area (Å²) in [6, 6.07) is 13.0. The molecule has 0 saturated heterocycles. The molecule has 3 amide bonds. The number of anilines is 2. The van der Waals surface area contributed by atoms with Gasteiger partial charge in [-0.1, -0.05) is 18.2 Å². The van der Waals surface area contributed by atoms with Crippen LogP contribution in [0.5, 0.6) is 5.75 Å². The molecule has 170 valence electrons. The van der Waals surface area contributed by atoms with Gasteiger partial charge >= 0.3 is 12.0 Å². The number of urea groups is 1. The molecule has 1 aliphatic carbocycles. The molecule has 0 spiro atoms. The molecule has 32 heavy (non-hydrogen) atoms. The first kappa shape index (κ1) is 23.1. The van der Waals surface area contributed by atoms with Gasteiger partial charge in [0.2, 0.25) is 5.91 Å². The highest BCUT2D eigenvalue weighted by Gasteiger charge is 2.27. The number of hydrogen-bond donors (Lipinski definition) is 4. The number of methoxy groups -OCH3 is 1. The number of carbonyl (C=O) groups excluding carboxylic acids is 2. The van der Waals surface area contributed by atoms with Crippen LogP contribution in [0.15, 0.2) is 42.5 Å². The van der Waals surface area contributed by atoms with Gasteiger partial charge in [-0.05, 0) is 73.9 Å². The van der Waals surface area contributed by atoms with Gasteiger partial charge in [0.05, 0.1) is 12.8 Å². The van der Waals surface area contributed by atoms with E-state index in [9.17, 15) is 14.4 Å². The first-order valence-electron chi connectivity index (χ1n) is 10.7. The van der Waals surface area contributed by atoms with E-state index in [0.29, 0.717) is 23.0 Å². The minimum Gasteiger partial charge on any atom is -0.495 e. The number of ether oxygens (including phenoxy) is 1. The maximum absolute atomic E-state index is 12.4. The standard InChI is InChI=1S/C24H29N3O5/c1-15-3-12-21(32-2)20(13-15)27-24(31)26-19-10-8-17(9-11-19)16-4-6-18(7-5-16)23(30)25-14-22(28)29/h3,8-13,16,18H,4-7,14H2,1-2H3,(H,25,30)(H,28,29)(H2,26,27,31)/t16-,18-. The first-order chi connectivity index (χ1) is 15.4. The summed E-state index contributed by atoms with van der Waals surface area (Å²) >= 11 is 0. The summed E-state index contributed by atoms with van der Waals surface area (Å²) in [7, 11) is 1.56. The molecule has 0 radical (unpaired) electrons. The first-order valence-corrected chi connectivity index (χ1v) is 10.7. The Hall–Kier alpha value is -3.55. The molecule has 1 saturated carbocycles. The Morgan fingerprint density at radius 2 is 1.69 bits per heavy atom. The number of aryl methyl sites for hydroxylation is 1. The topological polar surface area (TPSA) is 117 Å². The Morgan fingerprint density at radius 1 is 1.00 bits per heavy atom. The highest BCUT2D eigenvalue weighted by molar-refractivity contribution is 6.00. The average molecular weight is 440 g/mol. The number of carbonyl (C=O) groups is 3. The maximum Gasteiger partial charge on any atom is 0.323 e. The lowest BCUT2D eigenvalue weighted by atomic mass is 9.78. The van der Waals surface area contributed by atoms with Gasteiger partial charge < -0.3 is 25.8 Å². The Bertz CT molecular complexity index is 966. The summed E-state index contributed by atoms with van der Waals surface area (Å²) in [6.45, 7) is 1.61. The Kier molecular flexibility index (Phi) is 7.70. The van der Waals surface area contributed by atoms with E-state index < -0.39 is 5.97 Å². The van der Waals surface area contributed by atoms with E-state index in [1.165, 1.54) is 5.56 Å². The molecule has 1 aliphatic rings. The van der Waals surface area contributed by atoms with Crippen molar-refractivity contribution >= 4 is 29.3 Å². The van der Waals surface area contributed by atoms with Crippen molar-refractivity contribution in [1.29, 1.82) is 0 Å². The van der Waals surface area contributed by atoms with Gasteiger partial charge in [0, 0.05) is 11.6 Å². The molecule has 0 heterocycles. The molecule has 0 bridgehead atoms. The third-order valence-electron chi connectivity index (χ3n) is 5.75. The van der Waals surface area contributed by atoms with Gasteiger partial charge in [0.1, 0.15) is 12.3 Å². The van der Waals surface area contributed by atoms with Crippen molar-refractivity contribution in [3.8, 4) is 5.75 Å².